The van der Waals surface area contributed by atoms with Crippen molar-refractivity contribution < 1.29 is 9.53 Å². The molecular weight excluding hydrogens is 384 g/mol. The summed E-state index contributed by atoms with van der Waals surface area (Å²) in [7, 11) is 1.79. The third-order valence-corrected chi connectivity index (χ3v) is 5.48. The van der Waals surface area contributed by atoms with Crippen molar-refractivity contribution in [1.82, 2.24) is 24.7 Å². The van der Waals surface area contributed by atoms with E-state index in [0.717, 1.165) is 60.9 Å². The van der Waals surface area contributed by atoms with Gasteiger partial charge in [0.15, 0.2) is 5.69 Å². The lowest BCUT2D eigenvalue weighted by Crippen LogP contribution is -2.36. The number of carbonyl (C=O) groups excluding carboxylic acids is 1. The molecule has 1 fully saturated rings. The predicted octanol–water partition coefficient (Wildman–Crippen LogP) is 1.05. The van der Waals surface area contributed by atoms with Crippen LogP contribution < -0.4 is 16.0 Å². The van der Waals surface area contributed by atoms with Gasteiger partial charge in [-0.3, -0.25) is 9.48 Å². The largest absolute Gasteiger partial charge is 0.378 e. The molecule has 2 aliphatic rings. The Labute approximate surface area is 173 Å². The van der Waals surface area contributed by atoms with E-state index in [-0.39, 0.29) is 0 Å². The maximum absolute atomic E-state index is 11.7. The first kappa shape index (κ1) is 18.5. The van der Waals surface area contributed by atoms with Gasteiger partial charge in [0, 0.05) is 31.9 Å². The molecule has 0 radical (unpaired) electrons. The smallest absolute Gasteiger partial charge is 0.269 e. The van der Waals surface area contributed by atoms with Gasteiger partial charge in [0.1, 0.15) is 5.82 Å². The number of anilines is 3. The highest BCUT2D eigenvalue weighted by atomic mass is 16.5. The minimum absolute atomic E-state index is 0.312. The summed E-state index contributed by atoms with van der Waals surface area (Å²) in [4.78, 5) is 27.6. The maximum atomic E-state index is 11.7. The van der Waals surface area contributed by atoms with Gasteiger partial charge in [-0.2, -0.15) is 5.10 Å². The number of nitrogens with two attached hydrogens (primary N) is 1. The molecule has 0 atom stereocenters. The van der Waals surface area contributed by atoms with Gasteiger partial charge >= 0.3 is 0 Å². The van der Waals surface area contributed by atoms with E-state index in [1.54, 1.807) is 11.7 Å². The van der Waals surface area contributed by atoms with Gasteiger partial charge in [-0.1, -0.05) is 0 Å². The van der Waals surface area contributed by atoms with Gasteiger partial charge in [-0.15, -0.1) is 0 Å². The molecule has 154 valence electrons. The molecular formula is C20H22N8O2. The van der Waals surface area contributed by atoms with Gasteiger partial charge < -0.3 is 20.7 Å². The average molecular weight is 406 g/mol. The van der Waals surface area contributed by atoms with Gasteiger partial charge in [0.2, 0.25) is 5.95 Å². The van der Waals surface area contributed by atoms with Crippen molar-refractivity contribution in [3.63, 3.8) is 0 Å². The van der Waals surface area contributed by atoms with Crippen molar-refractivity contribution in [3.8, 4) is 11.4 Å². The van der Waals surface area contributed by atoms with Crippen LogP contribution in [0, 0.1) is 0 Å². The summed E-state index contributed by atoms with van der Waals surface area (Å²) in [5.74, 6) is 0.577. The molecule has 0 bridgehead atoms. The summed E-state index contributed by atoms with van der Waals surface area (Å²) in [6.45, 7) is 3.19. The number of fused-ring (bicyclic) bond motifs is 3. The maximum Gasteiger partial charge on any atom is 0.269 e. The molecule has 3 aromatic rings. The number of ether oxygens (including phenoxy) is 1. The van der Waals surface area contributed by atoms with Gasteiger partial charge in [-0.05, 0) is 30.5 Å². The topological polar surface area (TPSA) is 124 Å². The lowest BCUT2D eigenvalue weighted by Gasteiger charge is -2.28. The zero-order valence-electron chi connectivity index (χ0n) is 16.6. The van der Waals surface area contributed by atoms with Crippen LogP contribution in [0.4, 0.5) is 17.5 Å². The van der Waals surface area contributed by atoms with E-state index in [1.165, 1.54) is 0 Å². The molecule has 1 saturated heterocycles. The molecule has 4 heterocycles. The number of nitrogens with zero attached hydrogens (tertiary/aromatic N) is 6. The first-order chi connectivity index (χ1) is 14.6. The van der Waals surface area contributed by atoms with Crippen LogP contribution in [0.25, 0.3) is 11.4 Å². The zero-order valence-corrected chi connectivity index (χ0v) is 16.6. The molecule has 10 nitrogen and oxygen atoms in total. The zero-order chi connectivity index (χ0) is 20.7. The molecule has 3 aromatic heterocycles. The number of nitrogens with one attached hydrogen (secondary N) is 1. The number of hydrogen-bond donors (Lipinski definition) is 2. The number of pyridine rings is 1. The van der Waals surface area contributed by atoms with Gasteiger partial charge in [0.25, 0.3) is 5.91 Å². The van der Waals surface area contributed by atoms with E-state index in [4.69, 9.17) is 15.5 Å². The summed E-state index contributed by atoms with van der Waals surface area (Å²) in [6.07, 6.45) is 5.08. The molecule has 5 rings (SSSR count). The van der Waals surface area contributed by atoms with E-state index >= 15 is 0 Å². The summed E-state index contributed by atoms with van der Waals surface area (Å²) >= 11 is 0. The third-order valence-electron chi connectivity index (χ3n) is 5.48. The number of aryl methyl sites for hydroxylation is 2. The van der Waals surface area contributed by atoms with Gasteiger partial charge in [0.05, 0.1) is 36.5 Å². The number of hydrogen-bond acceptors (Lipinski definition) is 8. The molecule has 30 heavy (non-hydrogen) atoms. The quantitative estimate of drug-likeness (QED) is 0.659. The van der Waals surface area contributed by atoms with Crippen LogP contribution in [0.5, 0.6) is 0 Å². The molecule has 0 aromatic carbocycles. The summed E-state index contributed by atoms with van der Waals surface area (Å²) < 4.78 is 7.06. The van der Waals surface area contributed by atoms with E-state index in [1.807, 2.05) is 24.5 Å². The highest BCUT2D eigenvalue weighted by molar-refractivity contribution is 5.94. The molecule has 0 spiro atoms. The standard InChI is InChI=1S/C20H22N8O2/c1-27-18-14(17(26-27)19(21)29)4-2-12-10-23-20(25-16(12)18)24-15-5-3-13(11-22-15)28-6-8-30-9-7-28/h3,5,10-11H,2,4,6-9H2,1H3,(H2,21,29)(H,22,23,24,25). The fourth-order valence-electron chi connectivity index (χ4n) is 4.00. The Morgan fingerprint density at radius 3 is 2.73 bits per heavy atom. The van der Waals surface area contributed by atoms with Crippen LogP contribution in [0.2, 0.25) is 0 Å². The first-order valence-electron chi connectivity index (χ1n) is 9.88. The van der Waals surface area contributed by atoms with Crippen LogP contribution in [-0.4, -0.2) is 56.9 Å². The van der Waals surface area contributed by atoms with Crippen LogP contribution in [0.1, 0.15) is 21.6 Å². The number of carbonyl (C=O) groups is 1. The minimum atomic E-state index is -0.521. The predicted molar refractivity (Wildman–Crippen MR) is 111 cm³/mol. The first-order valence-corrected chi connectivity index (χ1v) is 9.88. The van der Waals surface area contributed by atoms with Crippen LogP contribution in [0.3, 0.4) is 0 Å². The Bertz CT molecular complexity index is 1100. The molecule has 1 aliphatic heterocycles. The molecule has 3 N–H and O–H groups in total. The lowest BCUT2D eigenvalue weighted by atomic mass is 9.93. The van der Waals surface area contributed by atoms with Gasteiger partial charge in [-0.25, -0.2) is 15.0 Å². The molecule has 0 unspecified atom stereocenters. The summed E-state index contributed by atoms with van der Waals surface area (Å²) in [6, 6.07) is 3.94. The minimum Gasteiger partial charge on any atom is -0.378 e. The fraction of sp³-hybridized carbons (Fsp3) is 0.350. The Morgan fingerprint density at radius 2 is 2.00 bits per heavy atom. The number of amides is 1. The molecule has 1 amide bonds. The molecule has 10 heteroatoms. The second kappa shape index (κ2) is 7.38. The third kappa shape index (κ3) is 3.24. The average Bonchev–Trinajstić information content (AvgIpc) is 3.12. The SMILES string of the molecule is Cn1nc(C(N)=O)c2c1-c1nc(Nc3ccc(N4CCOCC4)cn3)ncc1CC2. The normalized spacial score (nSPS) is 15.4. The van der Waals surface area contributed by atoms with Crippen molar-refractivity contribution in [2.45, 2.75) is 12.8 Å². The van der Waals surface area contributed by atoms with Crippen LogP contribution in [0.15, 0.2) is 24.5 Å². The van der Waals surface area contributed by atoms with E-state index in [2.05, 4.69) is 25.3 Å². The second-order valence-electron chi connectivity index (χ2n) is 7.36. The fourth-order valence-corrected chi connectivity index (χ4v) is 4.00. The highest BCUT2D eigenvalue weighted by Crippen LogP contribution is 2.34. The van der Waals surface area contributed by atoms with Crippen LogP contribution in [-0.2, 0) is 24.6 Å². The lowest BCUT2D eigenvalue weighted by molar-refractivity contribution is 0.0994. The van der Waals surface area contributed by atoms with Crippen molar-refractivity contribution >= 4 is 23.4 Å². The Hall–Kier alpha value is -3.53. The number of primary amides is 1. The van der Waals surface area contributed by atoms with Crippen molar-refractivity contribution in [3.05, 3.63) is 41.3 Å². The number of morpholine rings is 1. The Kier molecular flexibility index (Phi) is 4.55. The van der Waals surface area contributed by atoms with Crippen LogP contribution >= 0.6 is 0 Å². The highest BCUT2D eigenvalue weighted by Gasteiger charge is 2.28. The summed E-state index contributed by atoms with van der Waals surface area (Å²) in [5, 5.41) is 7.46. The van der Waals surface area contributed by atoms with E-state index in [0.29, 0.717) is 23.9 Å². The molecule has 1 aliphatic carbocycles. The Balaban J connectivity index is 1.41. The Morgan fingerprint density at radius 1 is 1.17 bits per heavy atom. The number of aromatic nitrogens is 5. The van der Waals surface area contributed by atoms with E-state index < -0.39 is 5.91 Å². The molecule has 0 saturated carbocycles. The van der Waals surface area contributed by atoms with Crippen molar-refractivity contribution in [2.24, 2.45) is 12.8 Å². The van der Waals surface area contributed by atoms with Crippen molar-refractivity contribution in [1.29, 1.82) is 0 Å². The second-order valence-corrected chi connectivity index (χ2v) is 7.36. The van der Waals surface area contributed by atoms with Crippen molar-refractivity contribution in [2.75, 3.05) is 36.5 Å². The number of rotatable bonds is 4. The monoisotopic (exact) mass is 406 g/mol. The summed E-state index contributed by atoms with van der Waals surface area (Å²) in [5.41, 5.74) is 10.3. The van der Waals surface area contributed by atoms with E-state index in [9.17, 15) is 4.79 Å².